The number of carbonyl (C=O) groups excluding carboxylic acids is 1. The second-order valence-corrected chi connectivity index (χ2v) is 6.72. The predicted molar refractivity (Wildman–Crippen MR) is 95.8 cm³/mol. The van der Waals surface area contributed by atoms with E-state index in [0.717, 1.165) is 42.5 Å². The molecular formula is C21H22N2O. The molecule has 1 aliphatic carbocycles. The number of benzene rings is 2. The standard InChI is InChI=1S/C21H22N2O/c24-19-15-9-3-8-14-18-20(16-10-4-1-5-11-16)22-23-21(18,19)17-12-6-2-7-13-17/h1-2,4-7,10-13,18,23H,3,8-9,14-15H2/t18-,21+/m0/s1. The molecule has 2 aromatic carbocycles. The van der Waals surface area contributed by atoms with Gasteiger partial charge in [0.1, 0.15) is 5.54 Å². The number of Topliss-reactive ketones (excluding diaryl/α,β-unsaturated/α-hetero) is 1. The number of carbonyl (C=O) groups is 1. The van der Waals surface area contributed by atoms with E-state index in [4.69, 9.17) is 0 Å². The number of hydrogen-bond acceptors (Lipinski definition) is 3. The monoisotopic (exact) mass is 318 g/mol. The maximum atomic E-state index is 13.2. The van der Waals surface area contributed by atoms with Crippen LogP contribution in [0, 0.1) is 5.92 Å². The molecule has 0 spiro atoms. The van der Waals surface area contributed by atoms with Gasteiger partial charge in [-0.2, -0.15) is 5.10 Å². The summed E-state index contributed by atoms with van der Waals surface area (Å²) < 4.78 is 0. The third-order valence-electron chi connectivity index (χ3n) is 5.34. The number of hydrazone groups is 1. The summed E-state index contributed by atoms with van der Waals surface area (Å²) in [6.45, 7) is 0. The Hall–Kier alpha value is -2.42. The van der Waals surface area contributed by atoms with Crippen LogP contribution in [0.4, 0.5) is 0 Å². The van der Waals surface area contributed by atoms with Crippen LogP contribution in [0.5, 0.6) is 0 Å². The molecule has 1 heterocycles. The van der Waals surface area contributed by atoms with Crippen LogP contribution >= 0.6 is 0 Å². The lowest BCUT2D eigenvalue weighted by molar-refractivity contribution is -0.127. The molecule has 122 valence electrons. The molecule has 3 heteroatoms. The molecule has 0 saturated heterocycles. The molecule has 2 aromatic rings. The minimum absolute atomic E-state index is 0.0927. The van der Waals surface area contributed by atoms with E-state index in [1.807, 2.05) is 36.4 Å². The van der Waals surface area contributed by atoms with Crippen molar-refractivity contribution in [2.45, 2.75) is 37.6 Å². The first kappa shape index (κ1) is 15.1. The molecular weight excluding hydrogens is 296 g/mol. The van der Waals surface area contributed by atoms with Gasteiger partial charge in [-0.25, -0.2) is 0 Å². The van der Waals surface area contributed by atoms with Gasteiger partial charge < -0.3 is 0 Å². The zero-order valence-electron chi connectivity index (χ0n) is 13.7. The Labute approximate surface area is 142 Å². The number of ketones is 1. The van der Waals surface area contributed by atoms with Crippen LogP contribution in [0.3, 0.4) is 0 Å². The molecule has 2 atom stereocenters. The molecule has 1 aliphatic heterocycles. The van der Waals surface area contributed by atoms with E-state index in [1.54, 1.807) is 0 Å². The zero-order chi connectivity index (χ0) is 16.4. The lowest BCUT2D eigenvalue weighted by Gasteiger charge is -2.36. The smallest absolute Gasteiger partial charge is 0.164 e. The van der Waals surface area contributed by atoms with Crippen LogP contribution < -0.4 is 5.43 Å². The Morgan fingerprint density at radius 3 is 2.38 bits per heavy atom. The van der Waals surface area contributed by atoms with Crippen molar-refractivity contribution in [1.29, 1.82) is 0 Å². The van der Waals surface area contributed by atoms with Crippen LogP contribution in [-0.4, -0.2) is 11.5 Å². The second kappa shape index (κ2) is 6.23. The van der Waals surface area contributed by atoms with E-state index in [2.05, 4.69) is 34.8 Å². The van der Waals surface area contributed by atoms with E-state index in [1.165, 1.54) is 0 Å². The van der Waals surface area contributed by atoms with Gasteiger partial charge in [0.15, 0.2) is 5.78 Å². The van der Waals surface area contributed by atoms with E-state index >= 15 is 0 Å². The van der Waals surface area contributed by atoms with Crippen molar-refractivity contribution in [3.8, 4) is 0 Å². The first-order chi connectivity index (χ1) is 11.8. The predicted octanol–water partition coefficient (Wildman–Crippen LogP) is 4.04. The zero-order valence-corrected chi connectivity index (χ0v) is 13.7. The van der Waals surface area contributed by atoms with Crippen LogP contribution in [0.1, 0.15) is 43.2 Å². The normalized spacial score (nSPS) is 26.8. The van der Waals surface area contributed by atoms with Gasteiger partial charge in [-0.05, 0) is 24.0 Å². The lowest BCUT2D eigenvalue weighted by atomic mass is 9.68. The Balaban J connectivity index is 1.83. The lowest BCUT2D eigenvalue weighted by Crippen LogP contribution is -2.51. The summed E-state index contributed by atoms with van der Waals surface area (Å²) in [5, 5.41) is 4.68. The summed E-state index contributed by atoms with van der Waals surface area (Å²) in [5.41, 5.74) is 5.76. The average molecular weight is 318 g/mol. The Kier molecular flexibility index (Phi) is 3.93. The second-order valence-electron chi connectivity index (χ2n) is 6.72. The van der Waals surface area contributed by atoms with Gasteiger partial charge in [0, 0.05) is 12.3 Å². The van der Waals surface area contributed by atoms with Crippen molar-refractivity contribution < 1.29 is 4.79 Å². The Bertz CT molecular complexity index is 754. The fraction of sp³-hybridized carbons (Fsp3) is 0.333. The first-order valence-corrected chi connectivity index (χ1v) is 8.81. The Morgan fingerprint density at radius 2 is 1.62 bits per heavy atom. The van der Waals surface area contributed by atoms with Gasteiger partial charge in [-0.15, -0.1) is 0 Å². The maximum absolute atomic E-state index is 13.2. The molecule has 2 aliphatic rings. The third-order valence-corrected chi connectivity index (χ3v) is 5.34. The van der Waals surface area contributed by atoms with Crippen molar-refractivity contribution in [1.82, 2.24) is 5.43 Å². The molecule has 3 nitrogen and oxygen atoms in total. The topological polar surface area (TPSA) is 41.5 Å². The molecule has 1 saturated carbocycles. The van der Waals surface area contributed by atoms with Crippen molar-refractivity contribution in [3.05, 3.63) is 71.8 Å². The SMILES string of the molecule is O=C1CCCCC[C@H]2C(c3ccccc3)=NN[C@@]12c1ccccc1. The van der Waals surface area contributed by atoms with Gasteiger partial charge in [0.25, 0.3) is 0 Å². The van der Waals surface area contributed by atoms with E-state index in [-0.39, 0.29) is 11.7 Å². The van der Waals surface area contributed by atoms with E-state index in [0.29, 0.717) is 6.42 Å². The van der Waals surface area contributed by atoms with Crippen LogP contribution in [0.2, 0.25) is 0 Å². The minimum atomic E-state index is -0.702. The van der Waals surface area contributed by atoms with Gasteiger partial charge in [-0.1, -0.05) is 73.5 Å². The van der Waals surface area contributed by atoms with Crippen LogP contribution in [0.25, 0.3) is 0 Å². The number of rotatable bonds is 2. The summed E-state index contributed by atoms with van der Waals surface area (Å²) >= 11 is 0. The van der Waals surface area contributed by atoms with E-state index < -0.39 is 5.54 Å². The van der Waals surface area contributed by atoms with Gasteiger partial charge >= 0.3 is 0 Å². The molecule has 1 fully saturated rings. The molecule has 24 heavy (non-hydrogen) atoms. The minimum Gasteiger partial charge on any atom is -0.297 e. The van der Waals surface area contributed by atoms with Gasteiger partial charge in [0.05, 0.1) is 5.71 Å². The highest BCUT2D eigenvalue weighted by Crippen LogP contribution is 2.42. The molecule has 0 unspecified atom stereocenters. The maximum Gasteiger partial charge on any atom is 0.164 e. The number of nitrogens with one attached hydrogen (secondary N) is 1. The largest absolute Gasteiger partial charge is 0.297 e. The summed E-state index contributed by atoms with van der Waals surface area (Å²) in [5.74, 6) is 0.364. The molecule has 0 radical (unpaired) electrons. The number of fused-ring (bicyclic) bond motifs is 1. The van der Waals surface area contributed by atoms with Gasteiger partial charge in [-0.3, -0.25) is 10.2 Å². The summed E-state index contributed by atoms with van der Waals surface area (Å²) in [4.78, 5) is 13.2. The number of hydrogen-bond donors (Lipinski definition) is 1. The fourth-order valence-electron chi connectivity index (χ4n) is 4.13. The molecule has 0 bridgehead atoms. The summed E-state index contributed by atoms with van der Waals surface area (Å²) in [7, 11) is 0. The van der Waals surface area contributed by atoms with E-state index in [9.17, 15) is 4.79 Å². The van der Waals surface area contributed by atoms with Crippen molar-refractivity contribution in [2.75, 3.05) is 0 Å². The highest BCUT2D eigenvalue weighted by Gasteiger charge is 2.52. The highest BCUT2D eigenvalue weighted by molar-refractivity contribution is 6.09. The molecule has 0 amide bonds. The van der Waals surface area contributed by atoms with Gasteiger partial charge in [0.2, 0.25) is 0 Å². The van der Waals surface area contributed by atoms with Crippen molar-refractivity contribution in [2.24, 2.45) is 11.0 Å². The third kappa shape index (κ3) is 2.35. The first-order valence-electron chi connectivity index (χ1n) is 8.81. The average Bonchev–Trinajstić information content (AvgIpc) is 3.01. The molecule has 1 N–H and O–H groups in total. The summed E-state index contributed by atoms with van der Waals surface area (Å²) in [6.07, 6.45) is 4.84. The van der Waals surface area contributed by atoms with Crippen molar-refractivity contribution in [3.63, 3.8) is 0 Å². The van der Waals surface area contributed by atoms with Crippen LogP contribution in [0.15, 0.2) is 65.8 Å². The fourth-order valence-corrected chi connectivity index (χ4v) is 4.13. The Morgan fingerprint density at radius 1 is 0.917 bits per heavy atom. The molecule has 0 aromatic heterocycles. The number of nitrogens with zero attached hydrogens (tertiary/aromatic N) is 1. The van der Waals surface area contributed by atoms with Crippen molar-refractivity contribution >= 4 is 11.5 Å². The highest BCUT2D eigenvalue weighted by atomic mass is 16.1. The molecule has 4 rings (SSSR count). The van der Waals surface area contributed by atoms with Crippen LogP contribution in [-0.2, 0) is 10.3 Å². The quantitative estimate of drug-likeness (QED) is 0.908. The summed E-state index contributed by atoms with van der Waals surface area (Å²) in [6, 6.07) is 20.4.